The Morgan fingerprint density at radius 1 is 1.17 bits per heavy atom. The summed E-state index contributed by atoms with van der Waals surface area (Å²) in [5, 5.41) is 17.1. The third-order valence-corrected chi connectivity index (χ3v) is 6.43. The van der Waals surface area contributed by atoms with E-state index in [1.165, 1.54) is 32.1 Å². The van der Waals surface area contributed by atoms with Crippen LogP contribution in [0.1, 0.15) is 44.9 Å². The molecule has 30 heavy (non-hydrogen) atoms. The van der Waals surface area contributed by atoms with Crippen LogP contribution in [0, 0.1) is 16.7 Å². The molecule has 158 valence electrons. The van der Waals surface area contributed by atoms with Crippen molar-refractivity contribution in [2.45, 2.75) is 51.0 Å². The number of nitriles is 1. The molecular weight excluding hydrogens is 398 g/mol. The quantitative estimate of drug-likeness (QED) is 0.655. The van der Waals surface area contributed by atoms with E-state index < -0.39 is 5.41 Å². The van der Waals surface area contributed by atoms with E-state index in [1.54, 1.807) is 6.20 Å². The van der Waals surface area contributed by atoms with Crippen LogP contribution in [0.5, 0.6) is 0 Å². The number of aromatic nitrogens is 2. The van der Waals surface area contributed by atoms with Gasteiger partial charge in [0.15, 0.2) is 0 Å². The second-order valence-electron chi connectivity index (χ2n) is 8.29. The lowest BCUT2D eigenvalue weighted by Crippen LogP contribution is -2.34. The van der Waals surface area contributed by atoms with E-state index in [-0.39, 0.29) is 0 Å². The minimum atomic E-state index is -0.401. The highest BCUT2D eigenvalue weighted by atomic mass is 35.5. The molecule has 0 atom stereocenters. The summed E-state index contributed by atoms with van der Waals surface area (Å²) in [6.45, 7) is 1.82. The number of pyridine rings is 2. The molecule has 6 nitrogen and oxygen atoms in total. The molecule has 3 heterocycles. The maximum Gasteiger partial charge on any atom is 0.126 e. The van der Waals surface area contributed by atoms with E-state index in [4.69, 9.17) is 21.3 Å². The number of nitrogens with one attached hydrogen (secondary N) is 2. The minimum Gasteiger partial charge on any atom is -0.381 e. The highest BCUT2D eigenvalue weighted by Crippen LogP contribution is 2.32. The van der Waals surface area contributed by atoms with Crippen LogP contribution in [0.2, 0.25) is 5.02 Å². The van der Waals surface area contributed by atoms with Crippen molar-refractivity contribution in [3.63, 3.8) is 0 Å². The van der Waals surface area contributed by atoms with Crippen LogP contribution >= 0.6 is 11.6 Å². The Kier molecular flexibility index (Phi) is 6.71. The van der Waals surface area contributed by atoms with E-state index in [9.17, 15) is 5.26 Å². The lowest BCUT2D eigenvalue weighted by atomic mass is 9.82. The summed E-state index contributed by atoms with van der Waals surface area (Å²) >= 11 is 6.46. The van der Waals surface area contributed by atoms with Gasteiger partial charge in [-0.15, -0.1) is 0 Å². The molecule has 0 radical (unpaired) electrons. The Morgan fingerprint density at radius 3 is 2.73 bits per heavy atom. The summed E-state index contributed by atoms with van der Waals surface area (Å²) in [6, 6.07) is 10.8. The van der Waals surface area contributed by atoms with Crippen LogP contribution in [0.25, 0.3) is 11.3 Å². The number of hydrogen-bond donors (Lipinski definition) is 2. The number of ether oxygens (including phenoxy) is 1. The molecule has 2 aromatic rings. The molecule has 4 rings (SSSR count). The van der Waals surface area contributed by atoms with Crippen molar-refractivity contribution in [3.05, 3.63) is 35.5 Å². The molecule has 2 N–H and O–H groups in total. The predicted octanol–water partition coefficient (Wildman–Crippen LogP) is 5.27. The van der Waals surface area contributed by atoms with E-state index in [0.717, 1.165) is 35.7 Å². The fraction of sp³-hybridized carbons (Fsp3) is 0.522. The van der Waals surface area contributed by atoms with Gasteiger partial charge in [0, 0.05) is 37.6 Å². The van der Waals surface area contributed by atoms with Gasteiger partial charge in [-0.05, 0) is 43.9 Å². The number of hydrogen-bond acceptors (Lipinski definition) is 6. The highest BCUT2D eigenvalue weighted by molar-refractivity contribution is 6.33. The maximum atomic E-state index is 9.66. The summed E-state index contributed by atoms with van der Waals surface area (Å²) in [5.74, 6) is 1.58. The van der Waals surface area contributed by atoms with Crippen molar-refractivity contribution in [2.75, 3.05) is 30.4 Å². The van der Waals surface area contributed by atoms with Gasteiger partial charge in [-0.25, -0.2) is 9.97 Å². The van der Waals surface area contributed by atoms with E-state index in [0.29, 0.717) is 30.8 Å². The smallest absolute Gasteiger partial charge is 0.126 e. The van der Waals surface area contributed by atoms with Crippen molar-refractivity contribution in [2.24, 2.45) is 5.41 Å². The molecule has 0 bridgehead atoms. The Labute approximate surface area is 183 Å². The average Bonchev–Trinajstić information content (AvgIpc) is 2.80. The lowest BCUT2D eigenvalue weighted by Gasteiger charge is -2.30. The van der Waals surface area contributed by atoms with Gasteiger partial charge in [-0.2, -0.15) is 5.26 Å². The first-order chi connectivity index (χ1) is 14.7. The second-order valence-corrected chi connectivity index (χ2v) is 8.70. The molecule has 0 spiro atoms. The van der Waals surface area contributed by atoms with Crippen LogP contribution in [0.15, 0.2) is 30.5 Å². The lowest BCUT2D eigenvalue weighted by molar-refractivity contribution is 0.0455. The SMILES string of the molecule is N#CC1(CNc2cccc(-c3cc(NC4CCCCC4)ncc3Cl)n2)CCOCC1. The van der Waals surface area contributed by atoms with Gasteiger partial charge in [-0.3, -0.25) is 0 Å². The first kappa shape index (κ1) is 20.9. The van der Waals surface area contributed by atoms with Crippen molar-refractivity contribution >= 4 is 23.2 Å². The van der Waals surface area contributed by atoms with Crippen LogP contribution in [-0.4, -0.2) is 35.8 Å². The zero-order chi connectivity index (χ0) is 20.8. The normalized spacial score (nSPS) is 19.1. The fourth-order valence-electron chi connectivity index (χ4n) is 4.20. The molecule has 0 unspecified atom stereocenters. The Morgan fingerprint density at radius 2 is 1.97 bits per heavy atom. The average molecular weight is 426 g/mol. The van der Waals surface area contributed by atoms with Crippen LogP contribution in [0.4, 0.5) is 11.6 Å². The maximum absolute atomic E-state index is 9.66. The standard InChI is InChI=1S/C23H28ClN5O/c24-19-14-26-22(28-17-5-2-1-3-6-17)13-18(19)20-7-4-8-21(29-20)27-16-23(15-25)9-11-30-12-10-23/h4,7-8,13-14,17H,1-3,5-6,9-12,16H2,(H,26,28)(H,27,29). The predicted molar refractivity (Wildman–Crippen MR) is 120 cm³/mol. The van der Waals surface area contributed by atoms with Gasteiger partial charge in [0.1, 0.15) is 11.6 Å². The molecule has 2 aromatic heterocycles. The van der Waals surface area contributed by atoms with E-state index in [1.807, 2.05) is 24.3 Å². The zero-order valence-corrected chi connectivity index (χ0v) is 17.9. The Hall–Kier alpha value is -2.36. The Balaban J connectivity index is 1.49. The summed E-state index contributed by atoms with van der Waals surface area (Å²) < 4.78 is 5.41. The monoisotopic (exact) mass is 425 g/mol. The van der Waals surface area contributed by atoms with E-state index >= 15 is 0 Å². The number of anilines is 2. The van der Waals surface area contributed by atoms with Crippen molar-refractivity contribution in [1.29, 1.82) is 5.26 Å². The highest BCUT2D eigenvalue weighted by Gasteiger charge is 2.32. The van der Waals surface area contributed by atoms with Crippen LogP contribution < -0.4 is 10.6 Å². The minimum absolute atomic E-state index is 0.401. The molecule has 1 aliphatic carbocycles. The van der Waals surface area contributed by atoms with Crippen LogP contribution in [0.3, 0.4) is 0 Å². The van der Waals surface area contributed by atoms with Crippen molar-refractivity contribution < 1.29 is 4.74 Å². The fourth-order valence-corrected chi connectivity index (χ4v) is 4.40. The van der Waals surface area contributed by atoms with Gasteiger partial charge < -0.3 is 15.4 Å². The molecule has 0 amide bonds. The summed E-state index contributed by atoms with van der Waals surface area (Å²) in [6.07, 6.45) is 9.39. The third-order valence-electron chi connectivity index (χ3n) is 6.13. The molecule has 1 saturated carbocycles. The zero-order valence-electron chi connectivity index (χ0n) is 17.2. The number of nitrogens with zero attached hydrogens (tertiary/aromatic N) is 3. The Bertz CT molecular complexity index is 901. The summed E-state index contributed by atoms with van der Waals surface area (Å²) in [7, 11) is 0. The third kappa shape index (κ3) is 5.03. The van der Waals surface area contributed by atoms with E-state index in [2.05, 4.69) is 21.7 Å². The van der Waals surface area contributed by atoms with Gasteiger partial charge in [0.05, 0.1) is 22.2 Å². The summed E-state index contributed by atoms with van der Waals surface area (Å²) in [5.41, 5.74) is 1.24. The first-order valence-electron chi connectivity index (χ1n) is 10.8. The molecular formula is C23H28ClN5O. The number of halogens is 1. The first-order valence-corrected chi connectivity index (χ1v) is 11.2. The molecule has 2 fully saturated rings. The largest absolute Gasteiger partial charge is 0.381 e. The summed E-state index contributed by atoms with van der Waals surface area (Å²) in [4.78, 5) is 9.21. The number of rotatable bonds is 6. The van der Waals surface area contributed by atoms with Crippen LogP contribution in [-0.2, 0) is 4.74 Å². The molecule has 1 saturated heterocycles. The molecule has 7 heteroatoms. The molecule has 2 aliphatic rings. The molecule has 1 aliphatic heterocycles. The van der Waals surface area contributed by atoms with Crippen molar-refractivity contribution in [3.8, 4) is 17.3 Å². The van der Waals surface area contributed by atoms with Gasteiger partial charge >= 0.3 is 0 Å². The van der Waals surface area contributed by atoms with Crippen molar-refractivity contribution in [1.82, 2.24) is 9.97 Å². The topological polar surface area (TPSA) is 82.9 Å². The molecule has 0 aromatic carbocycles. The second kappa shape index (κ2) is 9.63. The van der Waals surface area contributed by atoms with Gasteiger partial charge in [0.25, 0.3) is 0 Å². The van der Waals surface area contributed by atoms with Gasteiger partial charge in [-0.1, -0.05) is 36.9 Å². The van der Waals surface area contributed by atoms with Gasteiger partial charge in [0.2, 0.25) is 0 Å².